The molecule has 0 spiro atoms. The molecule has 2 atom stereocenters. The van der Waals surface area contributed by atoms with Crippen molar-refractivity contribution in [2.24, 2.45) is 0 Å². The summed E-state index contributed by atoms with van der Waals surface area (Å²) in [4.78, 5) is 164. The summed E-state index contributed by atoms with van der Waals surface area (Å²) >= 11 is 0. The van der Waals surface area contributed by atoms with Crippen molar-refractivity contribution in [3.05, 3.63) is 69.8 Å². The van der Waals surface area contributed by atoms with Gasteiger partial charge in [-0.2, -0.15) is 0 Å². The Morgan fingerprint density at radius 3 is 0.675 bits per heavy atom. The molecule has 32 heteroatoms. The molecule has 2 aromatic rings. The van der Waals surface area contributed by atoms with Gasteiger partial charge in [-0.1, -0.05) is 117 Å². The van der Waals surface area contributed by atoms with Gasteiger partial charge in [0.05, 0.1) is 0 Å². The minimum absolute atomic E-state index is 0.0336. The van der Waals surface area contributed by atoms with Gasteiger partial charge in [-0.05, 0) is 176 Å². The number of methoxy groups -OCH3 is 8. The second kappa shape index (κ2) is 80.1. The Bertz CT molecular complexity index is 3020. The summed E-state index contributed by atoms with van der Waals surface area (Å²) in [5.74, 6) is -5.17. The van der Waals surface area contributed by atoms with Crippen molar-refractivity contribution in [2.45, 2.75) is 270 Å². The first kappa shape index (κ1) is 116. The van der Waals surface area contributed by atoms with E-state index in [4.69, 9.17) is 37.9 Å². The maximum atomic E-state index is 14.3. The molecule has 2 aromatic carbocycles. The molecule has 0 aliphatic carbocycles. The molecule has 12 amide bonds. The second-order valence-corrected chi connectivity index (χ2v) is 31.9. The first-order chi connectivity index (χ1) is 61.2. The Balaban J connectivity index is 0.00000126. The first-order valence-corrected chi connectivity index (χ1v) is 46.7. The minimum atomic E-state index is -1.00. The Morgan fingerprint density at radius 1 is 0.254 bits per heavy atom. The Kier molecular flexibility index (Phi) is 73.6. The highest BCUT2D eigenvalue weighted by molar-refractivity contribution is 6.05. The van der Waals surface area contributed by atoms with Gasteiger partial charge in [0.15, 0.2) is 0 Å². The number of hydrogen-bond donors (Lipinski definition) is 10. The van der Waals surface area contributed by atoms with Crippen molar-refractivity contribution in [3.8, 4) is 0 Å². The lowest BCUT2D eigenvalue weighted by atomic mass is 10.0. The van der Waals surface area contributed by atoms with Crippen molar-refractivity contribution in [3.63, 3.8) is 0 Å². The number of carbonyl (C=O) groups is 12. The van der Waals surface area contributed by atoms with Gasteiger partial charge < -0.3 is 101 Å². The first-order valence-electron chi connectivity index (χ1n) is 46.7. The quantitative estimate of drug-likeness (QED) is 0.0275. The van der Waals surface area contributed by atoms with Gasteiger partial charge >= 0.3 is 0 Å². The van der Waals surface area contributed by atoms with Crippen LogP contribution in [0.4, 0.5) is 0 Å². The normalized spacial score (nSPS) is 11.4. The molecule has 0 aromatic heterocycles. The van der Waals surface area contributed by atoms with E-state index in [-0.39, 0.29) is 85.9 Å². The number of carbonyl (C=O) groups excluding carboxylic acids is 12. The number of ether oxygens (including phenoxy) is 8. The van der Waals surface area contributed by atoms with E-state index in [1.54, 1.807) is 81.1 Å². The highest BCUT2D eigenvalue weighted by Gasteiger charge is 2.29. The molecular weight excluding hydrogens is 1620 g/mol. The van der Waals surface area contributed by atoms with E-state index in [0.717, 1.165) is 205 Å². The number of rotatable bonds is 80. The topological polar surface area (TPSA) is 405 Å². The van der Waals surface area contributed by atoms with Crippen LogP contribution in [0.5, 0.6) is 0 Å². The summed E-state index contributed by atoms with van der Waals surface area (Å²) in [5, 5.41) is 28.8. The molecule has 0 aliphatic rings. The summed E-state index contributed by atoms with van der Waals surface area (Å²) in [6.07, 6.45) is 30.1. The van der Waals surface area contributed by atoms with E-state index < -0.39 is 71.2 Å². The van der Waals surface area contributed by atoms with Gasteiger partial charge in [0.2, 0.25) is 47.3 Å². The van der Waals surface area contributed by atoms with E-state index >= 15 is 0 Å². The fraction of sp³-hybridized carbons (Fsp3) is 0.745. The molecule has 0 bridgehead atoms. The van der Waals surface area contributed by atoms with Crippen LogP contribution in [0.1, 0.15) is 298 Å². The van der Waals surface area contributed by atoms with E-state index in [2.05, 4.69) is 53.2 Å². The maximum Gasteiger partial charge on any atom is 0.254 e. The molecule has 0 saturated heterocycles. The SMILES string of the molecule is CCc1cc(C(=O)N(CC(=O)NCCCCCCOC)CC(=O)NCCCCCCOC)cc(C(=O)N(CC(=O)NCCCCCCOC)CC(=O)NCCCCCCOC)c1.CCc1cc(C(=O)NC(CCC(=O)NCCCCCCOC)C(=O)NCCCCCCOC)cc(C(=O)NC(CCC(=O)NCCCCCCOC)C(=O)NCCCCCCOC)c1. The monoisotopic (exact) mass is 1780 g/mol. The summed E-state index contributed by atoms with van der Waals surface area (Å²) in [6, 6.07) is 7.47. The molecule has 0 fully saturated rings. The number of aryl methyl sites for hydroxylation is 2. The van der Waals surface area contributed by atoms with Crippen molar-refractivity contribution >= 4 is 70.9 Å². The standard InChI is InChI=1S/C48H84N6O10.C46H80N6O10/c1-6-38-35-39(45(57)53-41(47(59)51-29-17-9-13-21-33-63-4)23-25-43(55)49-27-15-7-11-19-31-61-2)37-40(36-38)46(58)54-42(48(60)52-30-18-10-14-22-34-64-5)24-26-44(56)50-28-16-8-12-20-32-62-3;1-6-38-31-39(45(57)51(34-41(53)47-23-15-7-11-19-27-59-2)35-42(54)48-24-16-8-12-20-28-60-3)33-40(32-38)46(58)52(36-43(55)49-25-17-9-13-21-29-61-4)37-44(56)50-26-18-10-14-22-30-62-5/h35-37,41-42H,6-34H2,1-5H3,(H,49,55)(H,50,56)(H,51,59)(H,52,60)(H,53,57)(H,54,58);31-33H,6-30,34-37H2,1-5H3,(H,47,53)(H,48,54)(H,49,55)(H,50,56). The van der Waals surface area contributed by atoms with Gasteiger partial charge in [0.25, 0.3) is 23.6 Å². The third-order valence-corrected chi connectivity index (χ3v) is 21.0. The van der Waals surface area contributed by atoms with E-state index in [1.165, 1.54) is 21.9 Å². The van der Waals surface area contributed by atoms with Crippen LogP contribution in [-0.4, -0.2) is 281 Å². The Morgan fingerprint density at radius 2 is 0.452 bits per heavy atom. The van der Waals surface area contributed by atoms with Crippen LogP contribution >= 0.6 is 0 Å². The van der Waals surface area contributed by atoms with Crippen LogP contribution in [0.3, 0.4) is 0 Å². The Labute approximate surface area is 753 Å². The van der Waals surface area contributed by atoms with Crippen molar-refractivity contribution in [1.82, 2.24) is 63.0 Å². The lowest BCUT2D eigenvalue weighted by Crippen LogP contribution is -2.48. The molecule has 0 aliphatic heterocycles. The van der Waals surface area contributed by atoms with Crippen LogP contribution in [0.2, 0.25) is 0 Å². The fourth-order valence-electron chi connectivity index (χ4n) is 13.6. The van der Waals surface area contributed by atoms with Crippen LogP contribution in [0.15, 0.2) is 36.4 Å². The lowest BCUT2D eigenvalue weighted by molar-refractivity contribution is -0.125. The molecular formula is C94H164N12O20. The van der Waals surface area contributed by atoms with Gasteiger partial charge in [-0.15, -0.1) is 0 Å². The average molecular weight is 1780 g/mol. The Hall–Kier alpha value is -8.24. The summed E-state index contributed by atoms with van der Waals surface area (Å²) < 4.78 is 40.8. The summed E-state index contributed by atoms with van der Waals surface area (Å²) in [5.41, 5.74) is 1.90. The van der Waals surface area contributed by atoms with Gasteiger partial charge in [-0.25, -0.2) is 0 Å². The molecule has 126 heavy (non-hydrogen) atoms. The summed E-state index contributed by atoms with van der Waals surface area (Å²) in [6.45, 7) is 11.4. The van der Waals surface area contributed by atoms with E-state index in [1.807, 2.05) is 13.8 Å². The minimum Gasteiger partial charge on any atom is -0.385 e. The van der Waals surface area contributed by atoms with Crippen LogP contribution in [-0.2, 0) is 89.1 Å². The number of unbranched alkanes of at least 4 members (excludes halogenated alkanes) is 24. The molecule has 2 rings (SSSR count). The molecule has 32 nitrogen and oxygen atoms in total. The highest BCUT2D eigenvalue weighted by Crippen LogP contribution is 2.19. The van der Waals surface area contributed by atoms with Crippen molar-refractivity contribution in [1.29, 1.82) is 0 Å². The number of hydrogen-bond acceptors (Lipinski definition) is 20. The number of nitrogens with one attached hydrogen (secondary N) is 10. The molecule has 0 radical (unpaired) electrons. The smallest absolute Gasteiger partial charge is 0.254 e. The van der Waals surface area contributed by atoms with Gasteiger partial charge in [0, 0.05) is 197 Å². The maximum absolute atomic E-state index is 14.3. The third kappa shape index (κ3) is 61.3. The second-order valence-electron chi connectivity index (χ2n) is 31.9. The van der Waals surface area contributed by atoms with Crippen LogP contribution < -0.4 is 53.2 Å². The number of nitrogens with zero attached hydrogens (tertiary/aromatic N) is 2. The third-order valence-electron chi connectivity index (χ3n) is 21.0. The number of amides is 12. The van der Waals surface area contributed by atoms with E-state index in [0.29, 0.717) is 129 Å². The highest BCUT2D eigenvalue weighted by atomic mass is 16.5. The van der Waals surface area contributed by atoms with Crippen LogP contribution in [0.25, 0.3) is 0 Å². The zero-order valence-corrected chi connectivity index (χ0v) is 78.7. The predicted molar refractivity (Wildman–Crippen MR) is 491 cm³/mol. The molecule has 2 unspecified atom stereocenters. The van der Waals surface area contributed by atoms with Crippen molar-refractivity contribution < 1.29 is 95.4 Å². The van der Waals surface area contributed by atoms with Gasteiger partial charge in [-0.3, -0.25) is 57.5 Å². The largest absolute Gasteiger partial charge is 0.385 e. The zero-order valence-electron chi connectivity index (χ0n) is 78.7. The van der Waals surface area contributed by atoms with E-state index in [9.17, 15) is 57.5 Å². The molecule has 0 heterocycles. The summed E-state index contributed by atoms with van der Waals surface area (Å²) in [7, 11) is 13.3. The van der Waals surface area contributed by atoms with Crippen LogP contribution in [0, 0.1) is 0 Å². The molecule has 0 saturated carbocycles. The zero-order chi connectivity index (χ0) is 92.7. The average Bonchev–Trinajstić information content (AvgIpc) is 0.911. The predicted octanol–water partition coefficient (Wildman–Crippen LogP) is 9.72. The lowest BCUT2D eigenvalue weighted by Gasteiger charge is -2.24. The number of benzene rings is 2. The van der Waals surface area contributed by atoms with Crippen molar-refractivity contribution in [2.75, 3.05) is 188 Å². The molecule has 720 valence electrons. The van der Waals surface area contributed by atoms with Gasteiger partial charge in [0.1, 0.15) is 38.3 Å². The molecule has 10 N–H and O–H groups in total. The fourth-order valence-corrected chi connectivity index (χ4v) is 13.6.